The molecule has 0 fully saturated rings. The molecule has 0 saturated carbocycles. The third-order valence-corrected chi connectivity index (χ3v) is 5.56. The van der Waals surface area contributed by atoms with Gasteiger partial charge in [0.05, 0.1) is 17.5 Å². The molecule has 0 aliphatic carbocycles. The van der Waals surface area contributed by atoms with Crippen LogP contribution in [-0.2, 0) is 16.2 Å². The van der Waals surface area contributed by atoms with Crippen LogP contribution in [0.2, 0.25) is 0 Å². The highest BCUT2D eigenvalue weighted by atomic mass is 32.2. The predicted molar refractivity (Wildman–Crippen MR) is 104 cm³/mol. The van der Waals surface area contributed by atoms with Crippen LogP contribution in [-0.4, -0.2) is 54.8 Å². The number of amides is 1. The number of benzene rings is 1. The number of aromatic nitrogens is 2. The number of carbonyl (C=O) groups is 1. The molecule has 1 N–H and O–H groups in total. The van der Waals surface area contributed by atoms with Gasteiger partial charge in [0.1, 0.15) is 0 Å². The van der Waals surface area contributed by atoms with Gasteiger partial charge in [0.2, 0.25) is 15.5 Å². The van der Waals surface area contributed by atoms with Crippen LogP contribution >= 0.6 is 0 Å². The number of halogens is 3. The second-order valence-electron chi connectivity index (χ2n) is 6.65. The van der Waals surface area contributed by atoms with Gasteiger partial charge in [0.15, 0.2) is 5.69 Å². The Morgan fingerprint density at radius 3 is 2.53 bits per heavy atom. The molecular formula is C18H21F3N4O4S. The Kier molecular flexibility index (Phi) is 7.03. The fourth-order valence-electron chi connectivity index (χ4n) is 2.53. The second-order valence-corrected chi connectivity index (χ2v) is 8.74. The first-order chi connectivity index (χ1) is 13.8. The van der Waals surface area contributed by atoms with E-state index in [4.69, 9.17) is 0 Å². The summed E-state index contributed by atoms with van der Waals surface area (Å²) in [5.41, 5.74) is -1.74. The molecule has 1 aromatic heterocycles. The summed E-state index contributed by atoms with van der Waals surface area (Å²) in [7, 11) is -1.95. The lowest BCUT2D eigenvalue weighted by Gasteiger charge is -2.15. The van der Waals surface area contributed by atoms with Crippen molar-refractivity contribution in [1.29, 1.82) is 0 Å². The van der Waals surface area contributed by atoms with E-state index in [1.165, 1.54) is 26.1 Å². The number of aryl methyl sites for hydroxylation is 1. The van der Waals surface area contributed by atoms with Crippen LogP contribution in [0.1, 0.15) is 28.2 Å². The lowest BCUT2D eigenvalue weighted by molar-refractivity contribution is -0.137. The van der Waals surface area contributed by atoms with Crippen molar-refractivity contribution < 1.29 is 26.4 Å². The van der Waals surface area contributed by atoms with Crippen molar-refractivity contribution in [2.24, 2.45) is 0 Å². The van der Waals surface area contributed by atoms with Gasteiger partial charge in [-0.15, -0.1) is 0 Å². The Morgan fingerprint density at radius 2 is 1.93 bits per heavy atom. The minimum atomic E-state index is -4.55. The Balaban J connectivity index is 2.21. The number of sulfonamides is 1. The number of alkyl halides is 3. The zero-order valence-electron chi connectivity index (χ0n) is 16.5. The van der Waals surface area contributed by atoms with Gasteiger partial charge in [-0.05, 0) is 31.5 Å². The first-order valence-electron chi connectivity index (χ1n) is 8.79. The predicted octanol–water partition coefficient (Wildman–Crippen LogP) is 1.57. The zero-order valence-corrected chi connectivity index (χ0v) is 17.3. The largest absolute Gasteiger partial charge is 0.416 e. The van der Waals surface area contributed by atoms with E-state index in [9.17, 15) is 31.2 Å². The van der Waals surface area contributed by atoms with Crippen molar-refractivity contribution >= 4 is 15.9 Å². The smallest absolute Gasteiger partial charge is 0.350 e. The summed E-state index contributed by atoms with van der Waals surface area (Å²) in [4.78, 5) is 24.5. The molecule has 0 radical (unpaired) electrons. The fraction of sp³-hybridized carbons (Fsp3) is 0.389. The highest BCUT2D eigenvalue weighted by Gasteiger charge is 2.30. The maximum absolute atomic E-state index is 13.0. The molecule has 30 heavy (non-hydrogen) atoms. The van der Waals surface area contributed by atoms with Crippen LogP contribution < -0.4 is 10.7 Å². The minimum Gasteiger partial charge on any atom is -0.350 e. The fourth-order valence-corrected chi connectivity index (χ4v) is 2.99. The molecule has 0 unspecified atom stereocenters. The topological polar surface area (TPSA) is 101 Å². The second kappa shape index (κ2) is 8.96. The van der Waals surface area contributed by atoms with Crippen molar-refractivity contribution in [1.82, 2.24) is 19.4 Å². The zero-order chi connectivity index (χ0) is 22.7. The molecule has 0 bridgehead atoms. The molecule has 1 aromatic carbocycles. The van der Waals surface area contributed by atoms with Crippen LogP contribution in [0, 0.1) is 6.92 Å². The van der Waals surface area contributed by atoms with Crippen LogP contribution in [0.15, 0.2) is 35.1 Å². The number of nitrogens with one attached hydrogen (secondary N) is 1. The molecule has 0 aliphatic rings. The Bertz CT molecular complexity index is 1100. The van der Waals surface area contributed by atoms with Crippen molar-refractivity contribution in [3.8, 4) is 5.69 Å². The highest BCUT2D eigenvalue weighted by Crippen LogP contribution is 2.30. The molecular weight excluding hydrogens is 425 g/mol. The van der Waals surface area contributed by atoms with Crippen molar-refractivity contribution in [3.63, 3.8) is 0 Å². The molecule has 0 atom stereocenters. The molecule has 12 heteroatoms. The van der Waals surface area contributed by atoms with Gasteiger partial charge in [-0.25, -0.2) is 17.4 Å². The third kappa shape index (κ3) is 5.89. The lowest BCUT2D eigenvalue weighted by Crippen LogP contribution is -2.34. The number of rotatable bonds is 7. The maximum atomic E-state index is 13.0. The number of hydrogen-bond donors (Lipinski definition) is 1. The van der Waals surface area contributed by atoms with E-state index in [1.807, 2.05) is 0 Å². The molecule has 8 nitrogen and oxygen atoms in total. The van der Waals surface area contributed by atoms with E-state index in [1.54, 1.807) is 0 Å². The summed E-state index contributed by atoms with van der Waals surface area (Å²) in [5.74, 6) is -0.803. The summed E-state index contributed by atoms with van der Waals surface area (Å²) in [5, 5.41) is 6.40. The molecule has 0 aliphatic heterocycles. The molecule has 1 heterocycles. The van der Waals surface area contributed by atoms with E-state index in [0.717, 1.165) is 33.4 Å². The summed E-state index contributed by atoms with van der Waals surface area (Å²) in [6.07, 6.45) is -3.21. The van der Waals surface area contributed by atoms with Gasteiger partial charge < -0.3 is 5.32 Å². The summed E-state index contributed by atoms with van der Waals surface area (Å²) < 4.78 is 63.8. The van der Waals surface area contributed by atoms with Crippen molar-refractivity contribution in [3.05, 3.63) is 57.5 Å². The van der Waals surface area contributed by atoms with E-state index < -0.39 is 38.8 Å². The monoisotopic (exact) mass is 446 g/mol. The SMILES string of the molecule is Cc1cc(=O)c(C(=O)NCCCN(C)S(C)(=O)=O)nn1-c1cccc(C(F)(F)F)c1. The molecule has 2 rings (SSSR count). The minimum absolute atomic E-state index is 0.0474. The van der Waals surface area contributed by atoms with E-state index in [-0.39, 0.29) is 24.5 Å². The van der Waals surface area contributed by atoms with Gasteiger partial charge in [-0.1, -0.05) is 6.07 Å². The Hall–Kier alpha value is -2.73. The molecule has 0 saturated heterocycles. The Labute approximate surface area is 171 Å². The summed E-state index contributed by atoms with van der Waals surface area (Å²) in [6, 6.07) is 5.47. The van der Waals surface area contributed by atoms with Gasteiger partial charge >= 0.3 is 6.18 Å². The maximum Gasteiger partial charge on any atom is 0.416 e. The number of nitrogens with zero attached hydrogens (tertiary/aromatic N) is 3. The van der Waals surface area contributed by atoms with Gasteiger partial charge in [-0.2, -0.15) is 18.3 Å². The molecule has 164 valence electrons. The van der Waals surface area contributed by atoms with Crippen LogP contribution in [0.3, 0.4) is 0 Å². The van der Waals surface area contributed by atoms with Crippen LogP contribution in [0.5, 0.6) is 0 Å². The first-order valence-corrected chi connectivity index (χ1v) is 10.6. The molecule has 0 spiro atoms. The highest BCUT2D eigenvalue weighted by molar-refractivity contribution is 7.88. The van der Waals surface area contributed by atoms with Crippen LogP contribution in [0.4, 0.5) is 13.2 Å². The van der Waals surface area contributed by atoms with Gasteiger partial charge in [-0.3, -0.25) is 9.59 Å². The van der Waals surface area contributed by atoms with Crippen molar-refractivity contribution in [2.75, 3.05) is 26.4 Å². The average Bonchev–Trinajstić information content (AvgIpc) is 2.63. The number of carbonyl (C=O) groups excluding carboxylic acids is 1. The third-order valence-electron chi connectivity index (χ3n) is 4.24. The quantitative estimate of drug-likeness (QED) is 0.651. The van der Waals surface area contributed by atoms with Gasteiger partial charge in [0.25, 0.3) is 5.91 Å². The van der Waals surface area contributed by atoms with Crippen molar-refractivity contribution in [2.45, 2.75) is 19.5 Å². The Morgan fingerprint density at radius 1 is 1.27 bits per heavy atom. The van der Waals surface area contributed by atoms with Gasteiger partial charge in [0, 0.05) is 31.9 Å². The van der Waals surface area contributed by atoms with E-state index in [0.29, 0.717) is 6.42 Å². The summed E-state index contributed by atoms with van der Waals surface area (Å²) in [6.45, 7) is 1.73. The number of hydrogen-bond acceptors (Lipinski definition) is 5. The lowest BCUT2D eigenvalue weighted by atomic mass is 10.2. The van der Waals surface area contributed by atoms with Crippen LogP contribution in [0.25, 0.3) is 5.69 Å². The normalized spacial score (nSPS) is 12.2. The molecule has 1 amide bonds. The first kappa shape index (κ1) is 23.5. The van der Waals surface area contributed by atoms with E-state index >= 15 is 0 Å². The van der Waals surface area contributed by atoms with E-state index in [2.05, 4.69) is 10.4 Å². The summed E-state index contributed by atoms with van der Waals surface area (Å²) >= 11 is 0. The molecule has 2 aromatic rings. The standard InChI is InChI=1S/C18H21F3N4O4S/c1-12-10-15(26)16(17(27)22-8-5-9-24(2)30(3,28)29)23-25(12)14-7-4-6-13(11-14)18(19,20)21/h4,6-7,10-11H,5,8-9H2,1-3H3,(H,22,27). The average molecular weight is 446 g/mol.